The number of carbonyl (C=O) groups is 2. The fourth-order valence-electron chi connectivity index (χ4n) is 2.15. The molecule has 102 valence electrons. The quantitative estimate of drug-likeness (QED) is 0.860. The Morgan fingerprint density at radius 3 is 2.63 bits per heavy atom. The van der Waals surface area contributed by atoms with E-state index in [2.05, 4.69) is 0 Å². The molecule has 0 aromatic heterocycles. The summed E-state index contributed by atoms with van der Waals surface area (Å²) in [6.45, 7) is 3.57. The van der Waals surface area contributed by atoms with Gasteiger partial charge in [-0.05, 0) is 38.0 Å². The van der Waals surface area contributed by atoms with E-state index in [1.807, 2.05) is 17.9 Å². The molecular formula is C14H17NO3S. The van der Waals surface area contributed by atoms with Crippen molar-refractivity contribution in [3.8, 4) is 0 Å². The van der Waals surface area contributed by atoms with Crippen LogP contribution in [0.2, 0.25) is 0 Å². The van der Waals surface area contributed by atoms with Crippen molar-refractivity contribution >= 4 is 23.6 Å². The van der Waals surface area contributed by atoms with Crippen molar-refractivity contribution in [2.24, 2.45) is 0 Å². The highest BCUT2D eigenvalue weighted by Gasteiger charge is 2.23. The zero-order valence-corrected chi connectivity index (χ0v) is 11.7. The number of rotatable bonds is 4. The van der Waals surface area contributed by atoms with Crippen molar-refractivity contribution < 1.29 is 14.7 Å². The summed E-state index contributed by atoms with van der Waals surface area (Å²) < 4.78 is 0. The summed E-state index contributed by atoms with van der Waals surface area (Å²) in [6.07, 6.45) is 2.16. The molecule has 19 heavy (non-hydrogen) atoms. The van der Waals surface area contributed by atoms with Crippen LogP contribution in [0.25, 0.3) is 0 Å². The first-order chi connectivity index (χ1) is 9.08. The smallest absolute Gasteiger partial charge is 0.335 e. The zero-order chi connectivity index (χ0) is 13.8. The molecule has 1 aliphatic heterocycles. The van der Waals surface area contributed by atoms with Gasteiger partial charge in [0.1, 0.15) is 0 Å². The number of hydrogen-bond donors (Lipinski definition) is 1. The number of aromatic carboxylic acids is 1. The van der Waals surface area contributed by atoms with E-state index in [1.165, 1.54) is 11.8 Å². The molecule has 1 saturated heterocycles. The zero-order valence-electron chi connectivity index (χ0n) is 10.8. The van der Waals surface area contributed by atoms with E-state index in [9.17, 15) is 9.59 Å². The molecule has 0 bridgehead atoms. The van der Waals surface area contributed by atoms with Crippen LogP contribution in [0.4, 0.5) is 0 Å². The molecule has 1 fully saturated rings. The van der Waals surface area contributed by atoms with E-state index < -0.39 is 5.97 Å². The number of carboxylic acid groups (broad SMARTS) is 1. The lowest BCUT2D eigenvalue weighted by molar-refractivity contribution is -0.129. The van der Waals surface area contributed by atoms with E-state index in [4.69, 9.17) is 5.11 Å². The second-order valence-electron chi connectivity index (χ2n) is 4.63. The van der Waals surface area contributed by atoms with Crippen molar-refractivity contribution in [3.05, 3.63) is 29.8 Å². The van der Waals surface area contributed by atoms with Gasteiger partial charge in [-0.3, -0.25) is 4.79 Å². The van der Waals surface area contributed by atoms with E-state index in [0.29, 0.717) is 0 Å². The topological polar surface area (TPSA) is 57.6 Å². The standard InChI is InChI=1S/C14H17NO3S/c1-10(13(16)15-7-2-3-8-15)19-12-6-4-5-11(9-12)14(17)18/h4-6,9-10H,2-3,7-8H2,1H3,(H,17,18). The summed E-state index contributed by atoms with van der Waals surface area (Å²) in [6, 6.07) is 6.71. The average Bonchev–Trinajstić information content (AvgIpc) is 2.92. The molecule has 1 atom stereocenters. The summed E-state index contributed by atoms with van der Waals surface area (Å²) >= 11 is 1.42. The summed E-state index contributed by atoms with van der Waals surface area (Å²) in [5, 5.41) is 8.76. The van der Waals surface area contributed by atoms with Crippen LogP contribution in [0.1, 0.15) is 30.1 Å². The average molecular weight is 279 g/mol. The molecule has 5 heteroatoms. The highest BCUT2D eigenvalue weighted by atomic mass is 32.2. The number of likely N-dealkylation sites (tertiary alicyclic amines) is 1. The van der Waals surface area contributed by atoms with Gasteiger partial charge >= 0.3 is 5.97 Å². The second-order valence-corrected chi connectivity index (χ2v) is 6.04. The minimum absolute atomic E-state index is 0.142. The second kappa shape index (κ2) is 6.10. The van der Waals surface area contributed by atoms with E-state index in [0.717, 1.165) is 30.8 Å². The normalized spacial score (nSPS) is 16.4. The van der Waals surface area contributed by atoms with Crippen LogP contribution in [-0.4, -0.2) is 40.2 Å². The Bertz CT molecular complexity index is 483. The number of hydrogen-bond acceptors (Lipinski definition) is 3. The monoisotopic (exact) mass is 279 g/mol. The molecule has 1 unspecified atom stereocenters. The number of benzene rings is 1. The highest BCUT2D eigenvalue weighted by Crippen LogP contribution is 2.26. The lowest BCUT2D eigenvalue weighted by Gasteiger charge is -2.19. The molecule has 1 aromatic carbocycles. The van der Waals surface area contributed by atoms with Crippen molar-refractivity contribution in [2.75, 3.05) is 13.1 Å². The molecule has 0 spiro atoms. The van der Waals surface area contributed by atoms with Crippen LogP contribution in [0.15, 0.2) is 29.2 Å². The Morgan fingerprint density at radius 2 is 2.00 bits per heavy atom. The fourth-order valence-corrected chi connectivity index (χ4v) is 3.16. The molecule has 1 heterocycles. The maximum Gasteiger partial charge on any atom is 0.335 e. The number of amides is 1. The molecule has 0 saturated carbocycles. The molecule has 1 aliphatic rings. The van der Waals surface area contributed by atoms with Crippen LogP contribution >= 0.6 is 11.8 Å². The van der Waals surface area contributed by atoms with Crippen LogP contribution in [-0.2, 0) is 4.79 Å². The van der Waals surface area contributed by atoms with Crippen molar-refractivity contribution in [1.82, 2.24) is 4.90 Å². The van der Waals surface area contributed by atoms with Crippen LogP contribution in [0.3, 0.4) is 0 Å². The number of carbonyl (C=O) groups excluding carboxylic acids is 1. The predicted octanol–water partition coefficient (Wildman–Crippen LogP) is 2.49. The van der Waals surface area contributed by atoms with Crippen molar-refractivity contribution in [3.63, 3.8) is 0 Å². The van der Waals surface area contributed by atoms with Gasteiger partial charge in [0.05, 0.1) is 10.8 Å². The van der Waals surface area contributed by atoms with Gasteiger partial charge in [0, 0.05) is 18.0 Å². The fraction of sp³-hybridized carbons (Fsp3) is 0.429. The number of thioether (sulfide) groups is 1. The molecule has 1 N–H and O–H groups in total. The van der Waals surface area contributed by atoms with Crippen LogP contribution in [0, 0.1) is 0 Å². The van der Waals surface area contributed by atoms with Crippen molar-refractivity contribution in [1.29, 1.82) is 0 Å². The summed E-state index contributed by atoms with van der Waals surface area (Å²) in [7, 11) is 0. The van der Waals surface area contributed by atoms with Gasteiger partial charge in [-0.1, -0.05) is 6.07 Å². The summed E-state index contributed by atoms with van der Waals surface area (Å²) in [5.41, 5.74) is 0.255. The van der Waals surface area contributed by atoms with Gasteiger partial charge in [0.2, 0.25) is 5.91 Å². The third-order valence-electron chi connectivity index (χ3n) is 3.16. The van der Waals surface area contributed by atoms with Gasteiger partial charge in [-0.25, -0.2) is 4.79 Å². The minimum Gasteiger partial charge on any atom is -0.478 e. The Morgan fingerprint density at radius 1 is 1.32 bits per heavy atom. The van der Waals surface area contributed by atoms with Gasteiger partial charge in [-0.15, -0.1) is 11.8 Å². The lowest BCUT2D eigenvalue weighted by Crippen LogP contribution is -2.33. The van der Waals surface area contributed by atoms with Gasteiger partial charge in [0.25, 0.3) is 0 Å². The first-order valence-electron chi connectivity index (χ1n) is 6.37. The summed E-state index contributed by atoms with van der Waals surface area (Å²) in [5.74, 6) is -0.802. The van der Waals surface area contributed by atoms with Crippen LogP contribution in [0.5, 0.6) is 0 Å². The van der Waals surface area contributed by atoms with E-state index >= 15 is 0 Å². The molecule has 0 aliphatic carbocycles. The number of nitrogens with zero attached hydrogens (tertiary/aromatic N) is 1. The number of carboxylic acids is 1. The largest absolute Gasteiger partial charge is 0.478 e. The minimum atomic E-state index is -0.944. The van der Waals surface area contributed by atoms with Gasteiger partial charge < -0.3 is 10.0 Å². The SMILES string of the molecule is CC(Sc1cccc(C(=O)O)c1)C(=O)N1CCCC1. The molecule has 1 amide bonds. The highest BCUT2D eigenvalue weighted by molar-refractivity contribution is 8.00. The van der Waals surface area contributed by atoms with Gasteiger partial charge in [0.15, 0.2) is 0 Å². The van der Waals surface area contributed by atoms with Gasteiger partial charge in [-0.2, -0.15) is 0 Å². The maximum absolute atomic E-state index is 12.2. The Labute approximate surface area is 116 Å². The molecule has 4 nitrogen and oxygen atoms in total. The predicted molar refractivity (Wildman–Crippen MR) is 74.5 cm³/mol. The molecule has 2 rings (SSSR count). The van der Waals surface area contributed by atoms with Crippen LogP contribution < -0.4 is 0 Å². The molecule has 1 aromatic rings. The molecule has 0 radical (unpaired) electrons. The Balaban J connectivity index is 2.01. The first kappa shape index (κ1) is 13.9. The molecular weight excluding hydrogens is 262 g/mol. The maximum atomic E-state index is 12.2. The van der Waals surface area contributed by atoms with E-state index in [-0.39, 0.29) is 16.7 Å². The van der Waals surface area contributed by atoms with Crippen molar-refractivity contribution in [2.45, 2.75) is 29.9 Å². The summed E-state index contributed by atoms with van der Waals surface area (Å²) in [4.78, 5) is 25.8. The third kappa shape index (κ3) is 3.50. The Kier molecular flexibility index (Phi) is 4.47. The lowest BCUT2D eigenvalue weighted by atomic mass is 10.2. The third-order valence-corrected chi connectivity index (χ3v) is 4.24. The first-order valence-corrected chi connectivity index (χ1v) is 7.24. The van der Waals surface area contributed by atoms with E-state index in [1.54, 1.807) is 18.2 Å². The Hall–Kier alpha value is -1.49.